The van der Waals surface area contributed by atoms with Crippen LogP contribution in [0.2, 0.25) is 0 Å². The Bertz CT molecular complexity index is 740. The van der Waals surface area contributed by atoms with E-state index >= 15 is 0 Å². The lowest BCUT2D eigenvalue weighted by atomic mass is 10.0. The van der Waals surface area contributed by atoms with E-state index in [1.165, 1.54) is 6.07 Å². The van der Waals surface area contributed by atoms with Crippen LogP contribution >= 0.6 is 24.0 Å². The second-order valence-corrected chi connectivity index (χ2v) is 7.59. The number of halogens is 2. The minimum Gasteiger partial charge on any atom is -0.450 e. The monoisotopic (exact) mass is 563 g/mol. The third-order valence-corrected chi connectivity index (χ3v) is 5.57. The first-order chi connectivity index (χ1) is 15.1. The quantitative estimate of drug-likeness (QED) is 0.326. The number of rotatable bonds is 6. The second kappa shape index (κ2) is 13.8. The van der Waals surface area contributed by atoms with Crippen molar-refractivity contribution in [1.29, 1.82) is 0 Å². The van der Waals surface area contributed by atoms with Crippen molar-refractivity contribution in [2.24, 2.45) is 4.99 Å². The molecular formula is C22H35FIN5O3. The number of hydrogen-bond donors (Lipinski definition) is 1. The first kappa shape index (κ1) is 26.6. The van der Waals surface area contributed by atoms with Crippen LogP contribution in [0, 0.1) is 5.82 Å². The molecule has 3 rings (SSSR count). The number of ether oxygens (including phenoxy) is 2. The number of piperazine rings is 1. The Labute approximate surface area is 207 Å². The molecule has 1 unspecified atom stereocenters. The average molecular weight is 563 g/mol. The standard InChI is InChI=1S/C22H34FN5O3.HI/c1-3-24-21(27-8-10-28(11-9-27)22(29)31-4-2)25-17-20(26-12-14-30-15-13-26)18-6-5-7-19(23)16-18;/h5-7,16,20H,3-4,8-15,17H2,1-2H3,(H,24,25);1H. The number of guanidine groups is 1. The molecule has 0 bridgehead atoms. The molecule has 1 N–H and O–H groups in total. The molecule has 1 aromatic carbocycles. The minimum atomic E-state index is -0.262. The molecule has 0 saturated carbocycles. The van der Waals surface area contributed by atoms with Gasteiger partial charge in [0.05, 0.1) is 32.4 Å². The first-order valence-electron chi connectivity index (χ1n) is 11.1. The molecule has 2 fully saturated rings. The molecule has 0 aliphatic carbocycles. The predicted molar refractivity (Wildman–Crippen MR) is 133 cm³/mol. The lowest BCUT2D eigenvalue weighted by molar-refractivity contribution is 0.0178. The van der Waals surface area contributed by atoms with E-state index in [1.807, 2.05) is 19.9 Å². The lowest BCUT2D eigenvalue weighted by Crippen LogP contribution is -2.54. The van der Waals surface area contributed by atoms with Gasteiger partial charge in [-0.3, -0.25) is 9.89 Å². The molecule has 2 aliphatic heterocycles. The summed E-state index contributed by atoms with van der Waals surface area (Å²) in [6.45, 7) is 11.0. The maximum Gasteiger partial charge on any atom is 0.409 e. The number of nitrogens with one attached hydrogen (secondary N) is 1. The van der Waals surface area contributed by atoms with Gasteiger partial charge in [-0.1, -0.05) is 12.1 Å². The smallest absolute Gasteiger partial charge is 0.409 e. The zero-order chi connectivity index (χ0) is 22.1. The minimum absolute atomic E-state index is 0. The van der Waals surface area contributed by atoms with Gasteiger partial charge in [-0.05, 0) is 31.5 Å². The predicted octanol–water partition coefficient (Wildman–Crippen LogP) is 2.56. The Morgan fingerprint density at radius 1 is 1.16 bits per heavy atom. The van der Waals surface area contributed by atoms with E-state index in [2.05, 4.69) is 15.1 Å². The van der Waals surface area contributed by atoms with E-state index in [-0.39, 0.29) is 41.9 Å². The van der Waals surface area contributed by atoms with Crippen LogP contribution in [0.3, 0.4) is 0 Å². The molecule has 32 heavy (non-hydrogen) atoms. The Balaban J connectivity index is 0.00000363. The second-order valence-electron chi connectivity index (χ2n) is 7.59. The summed E-state index contributed by atoms with van der Waals surface area (Å²) in [4.78, 5) is 23.1. The number of carbonyl (C=O) groups excluding carboxylic acids is 1. The van der Waals surface area contributed by atoms with Gasteiger partial charge in [-0.15, -0.1) is 24.0 Å². The van der Waals surface area contributed by atoms with Gasteiger partial charge in [-0.25, -0.2) is 9.18 Å². The Morgan fingerprint density at radius 2 is 1.84 bits per heavy atom. The van der Waals surface area contributed by atoms with E-state index in [0.29, 0.717) is 52.5 Å². The van der Waals surface area contributed by atoms with Gasteiger partial charge in [0.1, 0.15) is 5.82 Å². The van der Waals surface area contributed by atoms with Crippen LogP contribution in [0.1, 0.15) is 25.5 Å². The van der Waals surface area contributed by atoms with Crippen molar-refractivity contribution < 1.29 is 18.7 Å². The lowest BCUT2D eigenvalue weighted by Gasteiger charge is -2.37. The molecule has 1 aromatic rings. The van der Waals surface area contributed by atoms with Crippen LogP contribution in [0.25, 0.3) is 0 Å². The fourth-order valence-corrected chi connectivity index (χ4v) is 3.95. The summed E-state index contributed by atoms with van der Waals surface area (Å²) in [6.07, 6.45) is -0.262. The highest BCUT2D eigenvalue weighted by atomic mass is 127. The van der Waals surface area contributed by atoms with Gasteiger partial charge < -0.3 is 24.6 Å². The fraction of sp³-hybridized carbons (Fsp3) is 0.636. The van der Waals surface area contributed by atoms with Crippen molar-refractivity contribution in [3.8, 4) is 0 Å². The maximum absolute atomic E-state index is 13.9. The van der Waals surface area contributed by atoms with Crippen LogP contribution in [0.15, 0.2) is 29.3 Å². The van der Waals surface area contributed by atoms with Gasteiger partial charge >= 0.3 is 6.09 Å². The van der Waals surface area contributed by atoms with E-state index < -0.39 is 0 Å². The molecule has 2 saturated heterocycles. The Kier molecular flexibility index (Phi) is 11.5. The van der Waals surface area contributed by atoms with Gasteiger partial charge in [0.25, 0.3) is 0 Å². The third-order valence-electron chi connectivity index (χ3n) is 5.57. The van der Waals surface area contributed by atoms with Crippen molar-refractivity contribution in [1.82, 2.24) is 20.0 Å². The zero-order valence-electron chi connectivity index (χ0n) is 19.0. The summed E-state index contributed by atoms with van der Waals surface area (Å²) in [7, 11) is 0. The SMILES string of the molecule is CCNC(=NCC(c1cccc(F)c1)N1CCOCC1)N1CCN(C(=O)OCC)CC1.I. The molecule has 1 atom stereocenters. The van der Waals surface area contributed by atoms with E-state index in [1.54, 1.807) is 17.0 Å². The summed E-state index contributed by atoms with van der Waals surface area (Å²) < 4.78 is 24.5. The third kappa shape index (κ3) is 7.45. The maximum atomic E-state index is 13.9. The topological polar surface area (TPSA) is 69.6 Å². The number of morpholine rings is 1. The van der Waals surface area contributed by atoms with Crippen LogP contribution in [-0.2, 0) is 9.47 Å². The number of carbonyl (C=O) groups is 1. The first-order valence-corrected chi connectivity index (χ1v) is 11.1. The number of hydrogen-bond acceptors (Lipinski definition) is 5. The molecule has 2 heterocycles. The number of benzene rings is 1. The zero-order valence-corrected chi connectivity index (χ0v) is 21.3. The summed E-state index contributed by atoms with van der Waals surface area (Å²) in [5, 5.41) is 3.37. The highest BCUT2D eigenvalue weighted by Gasteiger charge is 2.26. The Hall–Kier alpha value is -1.66. The van der Waals surface area contributed by atoms with Crippen molar-refractivity contribution in [3.05, 3.63) is 35.6 Å². The molecule has 0 spiro atoms. The highest BCUT2D eigenvalue weighted by molar-refractivity contribution is 14.0. The van der Waals surface area contributed by atoms with Crippen LogP contribution in [0.5, 0.6) is 0 Å². The van der Waals surface area contributed by atoms with Gasteiger partial charge in [-0.2, -0.15) is 0 Å². The van der Waals surface area contributed by atoms with E-state index in [9.17, 15) is 9.18 Å². The fourth-order valence-electron chi connectivity index (χ4n) is 3.95. The molecular weight excluding hydrogens is 528 g/mol. The van der Waals surface area contributed by atoms with E-state index in [4.69, 9.17) is 14.5 Å². The highest BCUT2D eigenvalue weighted by Crippen LogP contribution is 2.23. The number of aliphatic imine (C=N–C) groups is 1. The van der Waals surface area contributed by atoms with Crippen molar-refractivity contribution in [2.75, 3.05) is 72.2 Å². The summed E-state index contributed by atoms with van der Waals surface area (Å²) >= 11 is 0. The molecule has 0 radical (unpaired) electrons. The van der Waals surface area contributed by atoms with Crippen LogP contribution < -0.4 is 5.32 Å². The van der Waals surface area contributed by atoms with Gasteiger partial charge in [0, 0.05) is 45.8 Å². The summed E-state index contributed by atoms with van der Waals surface area (Å²) in [5.41, 5.74) is 0.925. The van der Waals surface area contributed by atoms with E-state index in [0.717, 1.165) is 31.2 Å². The molecule has 0 aromatic heterocycles. The number of amides is 1. The molecule has 2 aliphatic rings. The largest absolute Gasteiger partial charge is 0.450 e. The Morgan fingerprint density at radius 3 is 2.47 bits per heavy atom. The van der Waals surface area contributed by atoms with Crippen molar-refractivity contribution >= 4 is 36.0 Å². The van der Waals surface area contributed by atoms with Gasteiger partial charge in [0.2, 0.25) is 0 Å². The van der Waals surface area contributed by atoms with Crippen molar-refractivity contribution in [3.63, 3.8) is 0 Å². The molecule has 10 heteroatoms. The molecule has 180 valence electrons. The molecule has 8 nitrogen and oxygen atoms in total. The van der Waals surface area contributed by atoms with Crippen molar-refractivity contribution in [2.45, 2.75) is 19.9 Å². The van der Waals surface area contributed by atoms with Gasteiger partial charge in [0.15, 0.2) is 5.96 Å². The van der Waals surface area contributed by atoms with Crippen LogP contribution in [0.4, 0.5) is 9.18 Å². The average Bonchev–Trinajstić information content (AvgIpc) is 2.79. The normalized spacial score (nSPS) is 18.7. The summed E-state index contributed by atoms with van der Waals surface area (Å²) in [5.74, 6) is 0.586. The molecule has 1 amide bonds. The summed E-state index contributed by atoms with van der Waals surface area (Å²) in [6, 6.07) is 6.76. The number of nitrogens with zero attached hydrogens (tertiary/aromatic N) is 4. The van der Waals surface area contributed by atoms with Crippen LogP contribution in [-0.4, -0.2) is 98.9 Å².